The third-order valence-corrected chi connectivity index (χ3v) is 6.06. The van der Waals surface area contributed by atoms with Crippen LogP contribution in [0.4, 0.5) is 0 Å². The Balaban J connectivity index is 1.81. The van der Waals surface area contributed by atoms with Gasteiger partial charge in [0, 0.05) is 22.6 Å². The molecule has 0 heterocycles. The number of hydrogen-bond donors (Lipinski definition) is 1. The van der Waals surface area contributed by atoms with Crippen molar-refractivity contribution in [3.05, 3.63) is 71.3 Å². The summed E-state index contributed by atoms with van der Waals surface area (Å²) >= 11 is 0. The van der Waals surface area contributed by atoms with Gasteiger partial charge in [0.1, 0.15) is 0 Å². The summed E-state index contributed by atoms with van der Waals surface area (Å²) in [4.78, 5) is 0. The maximum atomic E-state index is 12.8. The molecule has 0 aromatic heterocycles. The molecule has 21 heavy (non-hydrogen) atoms. The Morgan fingerprint density at radius 3 is 2.57 bits per heavy atom. The molecule has 1 aliphatic carbocycles. The summed E-state index contributed by atoms with van der Waals surface area (Å²) in [6, 6.07) is 18.9. The average molecular weight is 299 g/mol. The topological polar surface area (TPSA) is 29.1 Å². The van der Waals surface area contributed by atoms with Gasteiger partial charge in [0.15, 0.2) is 0 Å². The van der Waals surface area contributed by atoms with Gasteiger partial charge in [-0.3, -0.25) is 4.21 Å². The van der Waals surface area contributed by atoms with Crippen LogP contribution in [0.3, 0.4) is 0 Å². The molecular weight excluding hydrogens is 278 g/mol. The highest BCUT2D eigenvalue weighted by Crippen LogP contribution is 2.33. The van der Waals surface area contributed by atoms with E-state index in [0.717, 1.165) is 18.4 Å². The number of hydrogen-bond acceptors (Lipinski definition) is 2. The predicted octanol–water partition coefficient (Wildman–Crippen LogP) is 3.21. The zero-order valence-corrected chi connectivity index (χ0v) is 13.1. The van der Waals surface area contributed by atoms with E-state index in [0.29, 0.717) is 5.75 Å². The first-order valence-corrected chi connectivity index (χ1v) is 8.84. The molecule has 3 atom stereocenters. The van der Waals surface area contributed by atoms with Gasteiger partial charge in [-0.1, -0.05) is 54.6 Å². The summed E-state index contributed by atoms with van der Waals surface area (Å²) < 4.78 is 12.8. The van der Waals surface area contributed by atoms with E-state index in [9.17, 15) is 4.21 Å². The molecule has 1 N–H and O–H groups in total. The minimum Gasteiger partial charge on any atom is -0.312 e. The van der Waals surface area contributed by atoms with Crippen molar-refractivity contribution in [2.24, 2.45) is 0 Å². The van der Waals surface area contributed by atoms with Crippen LogP contribution in [-0.4, -0.2) is 16.5 Å². The maximum Gasteiger partial charge on any atom is 0.0549 e. The van der Waals surface area contributed by atoms with Crippen molar-refractivity contribution in [3.8, 4) is 0 Å². The number of fused-ring (bicyclic) bond motifs is 1. The molecule has 0 saturated carbocycles. The molecule has 2 aromatic carbocycles. The molecule has 0 bridgehead atoms. The Morgan fingerprint density at radius 2 is 1.81 bits per heavy atom. The van der Waals surface area contributed by atoms with E-state index in [1.807, 2.05) is 25.2 Å². The van der Waals surface area contributed by atoms with Crippen LogP contribution in [-0.2, 0) is 23.0 Å². The predicted molar refractivity (Wildman–Crippen MR) is 88.6 cm³/mol. The van der Waals surface area contributed by atoms with E-state index in [1.165, 1.54) is 11.1 Å². The quantitative estimate of drug-likeness (QED) is 0.939. The fourth-order valence-corrected chi connectivity index (χ4v) is 4.90. The van der Waals surface area contributed by atoms with Gasteiger partial charge in [-0.05, 0) is 36.6 Å². The van der Waals surface area contributed by atoms with Gasteiger partial charge >= 0.3 is 0 Å². The molecule has 0 spiro atoms. The summed E-state index contributed by atoms with van der Waals surface area (Å²) in [6.45, 7) is 0. The molecule has 0 radical (unpaired) electrons. The van der Waals surface area contributed by atoms with Crippen molar-refractivity contribution >= 4 is 10.8 Å². The number of aryl methyl sites for hydroxylation is 1. The number of benzene rings is 2. The van der Waals surface area contributed by atoms with E-state index in [1.54, 1.807) is 0 Å². The van der Waals surface area contributed by atoms with Crippen LogP contribution in [0.1, 0.15) is 29.2 Å². The largest absolute Gasteiger partial charge is 0.312 e. The molecule has 2 aromatic rings. The second kappa shape index (κ2) is 6.54. The summed E-state index contributed by atoms with van der Waals surface area (Å²) in [5.74, 6) is 0.645. The van der Waals surface area contributed by atoms with Crippen LogP contribution in [0.2, 0.25) is 0 Å². The zero-order valence-electron chi connectivity index (χ0n) is 12.3. The normalized spacial score (nSPS) is 22.5. The van der Waals surface area contributed by atoms with E-state index >= 15 is 0 Å². The van der Waals surface area contributed by atoms with Crippen LogP contribution in [0.5, 0.6) is 0 Å². The smallest absolute Gasteiger partial charge is 0.0549 e. The molecule has 0 aliphatic heterocycles. The molecule has 0 saturated heterocycles. The van der Waals surface area contributed by atoms with Crippen molar-refractivity contribution in [1.82, 2.24) is 5.32 Å². The number of nitrogens with one attached hydrogen (secondary N) is 1. The Kier molecular flexibility index (Phi) is 4.51. The van der Waals surface area contributed by atoms with Crippen molar-refractivity contribution in [2.75, 3.05) is 7.05 Å². The Hall–Kier alpha value is -1.45. The maximum absolute atomic E-state index is 12.8. The lowest BCUT2D eigenvalue weighted by molar-refractivity contribution is 0.497. The zero-order chi connectivity index (χ0) is 14.7. The van der Waals surface area contributed by atoms with Crippen LogP contribution in [0, 0.1) is 0 Å². The average Bonchev–Trinajstić information content (AvgIpc) is 2.54. The van der Waals surface area contributed by atoms with Gasteiger partial charge in [0.25, 0.3) is 0 Å². The molecule has 3 unspecified atom stereocenters. The molecule has 0 amide bonds. The lowest BCUT2D eigenvalue weighted by Gasteiger charge is -2.33. The van der Waals surface area contributed by atoms with Gasteiger partial charge < -0.3 is 5.32 Å². The third kappa shape index (κ3) is 3.09. The summed E-state index contributed by atoms with van der Waals surface area (Å²) in [7, 11) is 1.11. The summed E-state index contributed by atoms with van der Waals surface area (Å²) in [5, 5.41) is 3.57. The first kappa shape index (κ1) is 14.5. The molecule has 1 aliphatic rings. The van der Waals surface area contributed by atoms with Gasteiger partial charge in [-0.2, -0.15) is 0 Å². The van der Waals surface area contributed by atoms with Crippen LogP contribution in [0.25, 0.3) is 0 Å². The van der Waals surface area contributed by atoms with Crippen molar-refractivity contribution in [3.63, 3.8) is 0 Å². The lowest BCUT2D eigenvalue weighted by atomic mass is 9.87. The minimum atomic E-state index is -0.857. The van der Waals surface area contributed by atoms with E-state index in [2.05, 4.69) is 41.7 Å². The Bertz CT molecular complexity index is 626. The van der Waals surface area contributed by atoms with Gasteiger partial charge in [-0.25, -0.2) is 0 Å². The standard InChI is InChI=1S/C18H21NOS/c1-19-18-16-10-6-5-9-15(16)11-12-17(18)21(20)13-14-7-3-2-4-8-14/h2-10,17-19H,11-13H2,1H3. The molecule has 3 rings (SSSR count). The number of rotatable bonds is 4. The van der Waals surface area contributed by atoms with Gasteiger partial charge in [0.05, 0.1) is 5.25 Å². The third-order valence-electron chi connectivity index (χ3n) is 4.26. The first-order chi connectivity index (χ1) is 10.3. The van der Waals surface area contributed by atoms with E-state index in [4.69, 9.17) is 0 Å². The van der Waals surface area contributed by atoms with E-state index in [-0.39, 0.29) is 11.3 Å². The van der Waals surface area contributed by atoms with E-state index < -0.39 is 10.8 Å². The van der Waals surface area contributed by atoms with Crippen LogP contribution in [0.15, 0.2) is 54.6 Å². The molecule has 110 valence electrons. The first-order valence-electron chi connectivity index (χ1n) is 7.46. The SMILES string of the molecule is CNC1c2ccccc2CCC1S(=O)Cc1ccccc1. The molecule has 2 nitrogen and oxygen atoms in total. The Labute approximate surface area is 129 Å². The lowest BCUT2D eigenvalue weighted by Crippen LogP contribution is -2.37. The van der Waals surface area contributed by atoms with Crippen LogP contribution >= 0.6 is 0 Å². The van der Waals surface area contributed by atoms with Crippen molar-refractivity contribution < 1.29 is 4.21 Å². The monoisotopic (exact) mass is 299 g/mol. The van der Waals surface area contributed by atoms with Crippen molar-refractivity contribution in [1.29, 1.82) is 0 Å². The molecular formula is C18H21NOS. The fourth-order valence-electron chi connectivity index (χ4n) is 3.20. The second-order valence-electron chi connectivity index (χ2n) is 5.55. The van der Waals surface area contributed by atoms with Gasteiger partial charge in [0.2, 0.25) is 0 Å². The Morgan fingerprint density at radius 1 is 1.10 bits per heavy atom. The summed E-state index contributed by atoms with van der Waals surface area (Å²) in [6.07, 6.45) is 2.02. The highest BCUT2D eigenvalue weighted by molar-refractivity contribution is 7.84. The highest BCUT2D eigenvalue weighted by Gasteiger charge is 2.32. The molecule has 0 fully saturated rings. The fraction of sp³-hybridized carbons (Fsp3) is 0.333. The second-order valence-corrected chi connectivity index (χ2v) is 7.21. The van der Waals surface area contributed by atoms with Crippen LogP contribution < -0.4 is 5.32 Å². The van der Waals surface area contributed by atoms with Gasteiger partial charge in [-0.15, -0.1) is 0 Å². The minimum absolute atomic E-state index is 0.185. The molecule has 3 heteroatoms. The summed E-state index contributed by atoms with van der Waals surface area (Å²) in [5.41, 5.74) is 3.87. The van der Waals surface area contributed by atoms with Crippen molar-refractivity contribution in [2.45, 2.75) is 29.9 Å². The highest BCUT2D eigenvalue weighted by atomic mass is 32.2.